The van der Waals surface area contributed by atoms with E-state index >= 15 is 0 Å². The lowest BCUT2D eigenvalue weighted by atomic mass is 10.0. The molecule has 1 amide bonds. The van der Waals surface area contributed by atoms with Gasteiger partial charge in [-0.25, -0.2) is 4.57 Å². The fraction of sp³-hybridized carbons (Fsp3) is 0.913. The van der Waals surface area contributed by atoms with Gasteiger partial charge < -0.3 is 19.4 Å². The van der Waals surface area contributed by atoms with E-state index in [1.54, 1.807) is 0 Å². The van der Waals surface area contributed by atoms with Gasteiger partial charge in [-0.1, -0.05) is 309 Å². The summed E-state index contributed by atoms with van der Waals surface area (Å²) >= 11 is 0. The van der Waals surface area contributed by atoms with Gasteiger partial charge in [-0.3, -0.25) is 18.6 Å². The molecule has 0 aliphatic rings. The number of nitrogens with one attached hydrogen (secondary N) is 1. The Balaban J connectivity index is 4.96. The minimum absolute atomic E-state index is 0.0411. The lowest BCUT2D eigenvalue weighted by molar-refractivity contribution is -0.870. The summed E-state index contributed by atoms with van der Waals surface area (Å²) in [6.07, 6.45) is 72.0. The van der Waals surface area contributed by atoms with Crippen molar-refractivity contribution in [3.8, 4) is 0 Å². The number of hydrogen-bond donors (Lipinski definition) is 2. The molecule has 3 atom stereocenters. The van der Waals surface area contributed by atoms with E-state index in [0.717, 1.165) is 70.6 Å². The molecule has 79 heavy (non-hydrogen) atoms. The second kappa shape index (κ2) is 59.6. The number of phosphoric acid groups is 1. The fourth-order valence-corrected chi connectivity index (χ4v) is 11.3. The van der Waals surface area contributed by atoms with Crippen LogP contribution in [0.5, 0.6) is 0 Å². The summed E-state index contributed by atoms with van der Waals surface area (Å²) < 4.78 is 30.7. The van der Waals surface area contributed by atoms with Crippen LogP contribution in [0.4, 0.5) is 0 Å². The number of hydrogen-bond acceptors (Lipinski definition) is 6. The van der Waals surface area contributed by atoms with Crippen LogP contribution in [0.15, 0.2) is 24.3 Å². The van der Waals surface area contributed by atoms with Crippen molar-refractivity contribution >= 4 is 19.7 Å². The van der Waals surface area contributed by atoms with Crippen molar-refractivity contribution < 1.29 is 37.3 Å². The Morgan fingerprint density at radius 3 is 1.09 bits per heavy atom. The van der Waals surface area contributed by atoms with Crippen molar-refractivity contribution in [2.24, 2.45) is 0 Å². The topological polar surface area (TPSA) is 111 Å². The van der Waals surface area contributed by atoms with Gasteiger partial charge in [0, 0.05) is 12.8 Å². The summed E-state index contributed by atoms with van der Waals surface area (Å²) in [5.74, 6) is -0.504. The van der Waals surface area contributed by atoms with E-state index in [1.807, 2.05) is 33.3 Å². The van der Waals surface area contributed by atoms with Gasteiger partial charge >= 0.3 is 13.8 Å². The van der Waals surface area contributed by atoms with Gasteiger partial charge in [-0.15, -0.1) is 0 Å². The molecular weight excluding hydrogens is 1000 g/mol. The Hall–Kier alpha value is -1.51. The predicted octanol–water partition coefficient (Wildman–Crippen LogP) is 21.7. The maximum atomic E-state index is 13.5. The van der Waals surface area contributed by atoms with Gasteiger partial charge in [0.05, 0.1) is 33.8 Å². The summed E-state index contributed by atoms with van der Waals surface area (Å²) in [5.41, 5.74) is 0. The van der Waals surface area contributed by atoms with E-state index in [0.29, 0.717) is 23.9 Å². The number of quaternary nitrogens is 1. The van der Waals surface area contributed by atoms with Crippen molar-refractivity contribution in [3.63, 3.8) is 0 Å². The van der Waals surface area contributed by atoms with Gasteiger partial charge in [0.1, 0.15) is 19.3 Å². The summed E-state index contributed by atoms with van der Waals surface area (Å²) in [5, 5.41) is 3.06. The molecular formula is C69H136N2O7P+. The highest BCUT2D eigenvalue weighted by molar-refractivity contribution is 7.47. The number of esters is 1. The number of ether oxygens (including phenoxy) is 1. The van der Waals surface area contributed by atoms with Crippen LogP contribution in [0.3, 0.4) is 0 Å². The number of likely N-dealkylation sites (N-methyl/N-ethyl adjacent to an activating group) is 1. The Morgan fingerprint density at radius 1 is 0.430 bits per heavy atom. The molecule has 0 spiro atoms. The number of allylic oxidation sites excluding steroid dienone is 3. The Labute approximate surface area is 492 Å². The molecule has 3 unspecified atom stereocenters. The van der Waals surface area contributed by atoms with Crippen molar-refractivity contribution in [3.05, 3.63) is 24.3 Å². The molecule has 0 heterocycles. The van der Waals surface area contributed by atoms with Crippen LogP contribution in [0, 0.1) is 0 Å². The number of carbonyl (C=O) groups is 2. The first-order valence-corrected chi connectivity index (χ1v) is 36.2. The van der Waals surface area contributed by atoms with Gasteiger partial charge in [0.2, 0.25) is 5.91 Å². The summed E-state index contributed by atoms with van der Waals surface area (Å²) in [7, 11) is 1.51. The second-order valence-electron chi connectivity index (χ2n) is 25.1. The van der Waals surface area contributed by atoms with E-state index in [2.05, 4.69) is 38.2 Å². The average molecular weight is 1140 g/mol. The van der Waals surface area contributed by atoms with E-state index < -0.39 is 20.0 Å². The zero-order chi connectivity index (χ0) is 57.9. The third-order valence-electron chi connectivity index (χ3n) is 15.9. The molecule has 468 valence electrons. The summed E-state index contributed by atoms with van der Waals surface area (Å²) in [6.45, 7) is 7.05. The zero-order valence-corrected chi connectivity index (χ0v) is 54.5. The minimum atomic E-state index is -4.45. The monoisotopic (exact) mass is 1140 g/mol. The Bertz CT molecular complexity index is 1400. The SMILES string of the molecule is CCCCCCCCC/C=C\CCCCCC(=O)NC(COP(=O)(O)OCC[N+](C)(C)C)C(/C=C\CCCCCCCCCCCC)OC(=O)CCCCCCCCCCCCCCCCCCCCCCCCCCCCC. The molecule has 0 rings (SSSR count). The molecule has 0 saturated heterocycles. The van der Waals surface area contributed by atoms with E-state index in [1.165, 1.54) is 250 Å². The van der Waals surface area contributed by atoms with Crippen molar-refractivity contribution in [2.75, 3.05) is 40.9 Å². The smallest absolute Gasteiger partial charge is 0.456 e. The van der Waals surface area contributed by atoms with E-state index in [9.17, 15) is 19.0 Å². The highest BCUT2D eigenvalue weighted by Crippen LogP contribution is 2.43. The van der Waals surface area contributed by atoms with Crippen LogP contribution >= 0.6 is 7.82 Å². The van der Waals surface area contributed by atoms with Gasteiger partial charge in [0.25, 0.3) is 0 Å². The second-order valence-corrected chi connectivity index (χ2v) is 26.5. The van der Waals surface area contributed by atoms with Crippen molar-refractivity contribution in [1.82, 2.24) is 5.32 Å². The fourth-order valence-electron chi connectivity index (χ4n) is 10.5. The lowest BCUT2D eigenvalue weighted by Gasteiger charge is -2.27. The highest BCUT2D eigenvalue weighted by atomic mass is 31.2. The van der Waals surface area contributed by atoms with Crippen LogP contribution < -0.4 is 5.32 Å². The van der Waals surface area contributed by atoms with Crippen molar-refractivity contribution in [1.29, 1.82) is 0 Å². The standard InChI is InChI=1S/C69H135N2O7P/c1-7-10-13-16-19-22-25-28-30-31-32-33-34-35-36-37-38-39-40-41-42-44-47-50-53-56-59-62-69(73)78-67(60-57-54-51-48-45-27-24-21-18-15-12-9-3)66(65-77-79(74,75)76-64-63-71(4,5)6)70-68(72)61-58-55-52-49-46-43-29-26-23-20-17-14-11-8-2/h43,46,57,60,66-67H,7-42,44-45,47-56,58-59,61-65H2,1-6H3,(H-,70,72,74,75)/p+1/b46-43-,60-57-. The van der Waals surface area contributed by atoms with Gasteiger partial charge in [-0.2, -0.15) is 0 Å². The van der Waals surface area contributed by atoms with E-state index in [4.69, 9.17) is 13.8 Å². The first kappa shape index (κ1) is 77.5. The Morgan fingerprint density at radius 2 is 0.734 bits per heavy atom. The highest BCUT2D eigenvalue weighted by Gasteiger charge is 2.30. The summed E-state index contributed by atoms with van der Waals surface area (Å²) in [6, 6.07) is -0.851. The molecule has 9 nitrogen and oxygen atoms in total. The molecule has 2 N–H and O–H groups in total. The molecule has 0 aromatic rings. The third-order valence-corrected chi connectivity index (χ3v) is 16.9. The van der Waals surface area contributed by atoms with Crippen molar-refractivity contribution in [2.45, 2.75) is 367 Å². The number of nitrogens with zero attached hydrogens (tertiary/aromatic N) is 1. The maximum Gasteiger partial charge on any atom is 0.472 e. The molecule has 0 aliphatic carbocycles. The van der Waals surface area contributed by atoms with Gasteiger partial charge in [-0.05, 0) is 57.4 Å². The van der Waals surface area contributed by atoms with E-state index in [-0.39, 0.29) is 25.1 Å². The lowest BCUT2D eigenvalue weighted by Crippen LogP contribution is -2.47. The molecule has 0 bridgehead atoms. The molecule has 0 aliphatic heterocycles. The molecule has 0 aromatic heterocycles. The normalized spacial score (nSPS) is 13.7. The number of amides is 1. The number of phosphoric ester groups is 1. The number of carbonyl (C=O) groups excluding carboxylic acids is 2. The first-order valence-electron chi connectivity index (χ1n) is 34.7. The predicted molar refractivity (Wildman–Crippen MR) is 342 cm³/mol. The molecule has 0 saturated carbocycles. The largest absolute Gasteiger partial charge is 0.472 e. The Kier molecular flexibility index (Phi) is 58.5. The van der Waals surface area contributed by atoms with Crippen LogP contribution in [0.1, 0.15) is 355 Å². The van der Waals surface area contributed by atoms with Gasteiger partial charge in [0.15, 0.2) is 0 Å². The number of rotatable bonds is 64. The quantitative estimate of drug-likeness (QED) is 0.0205. The molecule has 0 radical (unpaired) electrons. The first-order chi connectivity index (χ1) is 38.4. The molecule has 0 aromatic carbocycles. The van der Waals surface area contributed by atoms with Crippen LogP contribution in [-0.2, 0) is 27.9 Å². The zero-order valence-electron chi connectivity index (χ0n) is 53.6. The maximum absolute atomic E-state index is 13.5. The minimum Gasteiger partial charge on any atom is -0.456 e. The molecule has 10 heteroatoms. The number of unbranched alkanes of at least 4 members (excludes halogenated alkanes) is 46. The third kappa shape index (κ3) is 60.9. The van der Waals surface area contributed by atoms with Crippen LogP contribution in [0.2, 0.25) is 0 Å². The van der Waals surface area contributed by atoms with Crippen LogP contribution in [0.25, 0.3) is 0 Å². The average Bonchev–Trinajstić information content (AvgIpc) is 3.41. The van der Waals surface area contributed by atoms with Crippen LogP contribution in [-0.4, -0.2) is 74.3 Å². The molecule has 0 fully saturated rings. The summed E-state index contributed by atoms with van der Waals surface area (Å²) in [4.78, 5) is 37.8.